The maximum absolute atomic E-state index is 12.2. The van der Waals surface area contributed by atoms with Crippen molar-refractivity contribution in [2.75, 3.05) is 19.6 Å². The average Bonchev–Trinajstić information content (AvgIpc) is 2.93. The van der Waals surface area contributed by atoms with Crippen LogP contribution in [0.3, 0.4) is 0 Å². The highest BCUT2D eigenvalue weighted by Crippen LogP contribution is 2.46. The Hall–Kier alpha value is -1.27. The van der Waals surface area contributed by atoms with Crippen molar-refractivity contribution >= 4 is 9.84 Å². The highest BCUT2D eigenvalue weighted by Gasteiger charge is 2.38. The van der Waals surface area contributed by atoms with Crippen LogP contribution < -0.4 is 15.2 Å². The summed E-state index contributed by atoms with van der Waals surface area (Å²) in [6.07, 6.45) is 6.42. The number of hydrogen-bond acceptors (Lipinski definition) is 5. The number of nitrogens with two attached hydrogens (primary N) is 1. The zero-order valence-electron chi connectivity index (χ0n) is 12.2. The Morgan fingerprint density at radius 2 is 1.76 bits per heavy atom. The van der Waals surface area contributed by atoms with Gasteiger partial charge in [0.2, 0.25) is 6.79 Å². The first kappa shape index (κ1) is 14.7. The van der Waals surface area contributed by atoms with E-state index < -0.39 is 9.84 Å². The van der Waals surface area contributed by atoms with Crippen LogP contribution in [0.25, 0.3) is 0 Å². The van der Waals surface area contributed by atoms with Crippen molar-refractivity contribution < 1.29 is 17.9 Å². The molecule has 1 aromatic carbocycles. The average molecular weight is 311 g/mol. The maximum atomic E-state index is 12.2. The van der Waals surface area contributed by atoms with E-state index in [1.165, 1.54) is 12.7 Å². The summed E-state index contributed by atoms with van der Waals surface area (Å²) in [5.74, 6) is 1.12. The molecule has 0 amide bonds. The number of hydrogen-bond donors (Lipinski definition) is 1. The summed E-state index contributed by atoms with van der Waals surface area (Å²) in [6, 6.07) is 3.43. The van der Waals surface area contributed by atoms with Crippen molar-refractivity contribution in [1.29, 1.82) is 0 Å². The molecule has 3 rings (SSSR count). The summed E-state index contributed by atoms with van der Waals surface area (Å²) in [6.45, 7) is 0.590. The second-order valence-corrected chi connectivity index (χ2v) is 8.00. The smallest absolute Gasteiger partial charge is 0.231 e. The van der Waals surface area contributed by atoms with E-state index in [-0.39, 0.29) is 12.2 Å². The molecule has 0 saturated heterocycles. The fraction of sp³-hybridized carbons (Fsp3) is 0.600. The third-order valence-electron chi connectivity index (χ3n) is 4.65. The highest BCUT2D eigenvalue weighted by atomic mass is 32.2. The SMILES string of the molecule is CS(=O)(=O)c1cc2c(cc1C1(CN)CCCCC1)OCO2. The summed E-state index contributed by atoms with van der Waals surface area (Å²) >= 11 is 0. The third-order valence-corrected chi connectivity index (χ3v) is 5.78. The van der Waals surface area contributed by atoms with E-state index in [0.717, 1.165) is 31.2 Å². The number of sulfone groups is 1. The number of ether oxygens (including phenoxy) is 2. The molecule has 1 heterocycles. The second kappa shape index (κ2) is 5.18. The maximum Gasteiger partial charge on any atom is 0.231 e. The topological polar surface area (TPSA) is 78.6 Å². The van der Waals surface area contributed by atoms with Gasteiger partial charge >= 0.3 is 0 Å². The van der Waals surface area contributed by atoms with Gasteiger partial charge in [0.25, 0.3) is 0 Å². The molecule has 116 valence electrons. The molecule has 0 radical (unpaired) electrons. The van der Waals surface area contributed by atoms with Crippen LogP contribution in [0, 0.1) is 0 Å². The van der Waals surface area contributed by atoms with E-state index in [1.807, 2.05) is 6.07 Å². The molecule has 21 heavy (non-hydrogen) atoms. The van der Waals surface area contributed by atoms with E-state index in [4.69, 9.17) is 15.2 Å². The van der Waals surface area contributed by atoms with Crippen molar-refractivity contribution in [3.05, 3.63) is 17.7 Å². The lowest BCUT2D eigenvalue weighted by atomic mass is 9.69. The van der Waals surface area contributed by atoms with Crippen LogP contribution in [0.2, 0.25) is 0 Å². The molecule has 5 nitrogen and oxygen atoms in total. The van der Waals surface area contributed by atoms with E-state index in [9.17, 15) is 8.42 Å². The Morgan fingerprint density at radius 3 is 2.33 bits per heavy atom. The molecular formula is C15H21NO4S. The van der Waals surface area contributed by atoms with Crippen molar-refractivity contribution in [2.45, 2.75) is 42.4 Å². The molecule has 2 aliphatic rings. The van der Waals surface area contributed by atoms with Crippen LogP contribution >= 0.6 is 0 Å². The van der Waals surface area contributed by atoms with Gasteiger partial charge in [-0.1, -0.05) is 19.3 Å². The fourth-order valence-corrected chi connectivity index (χ4v) is 4.45. The lowest BCUT2D eigenvalue weighted by Gasteiger charge is -2.38. The van der Waals surface area contributed by atoms with Crippen LogP contribution in [0.15, 0.2) is 17.0 Å². The van der Waals surface area contributed by atoms with Gasteiger partial charge in [0, 0.05) is 24.3 Å². The lowest BCUT2D eigenvalue weighted by molar-refractivity contribution is 0.173. The molecule has 0 spiro atoms. The van der Waals surface area contributed by atoms with E-state index in [1.54, 1.807) is 6.07 Å². The molecule has 1 aromatic rings. The predicted octanol–water partition coefficient (Wildman–Crippen LogP) is 1.98. The molecule has 0 unspecified atom stereocenters. The molecule has 1 aliphatic heterocycles. The number of fused-ring (bicyclic) bond motifs is 1. The van der Waals surface area contributed by atoms with Crippen molar-refractivity contribution in [2.24, 2.45) is 5.73 Å². The Labute approximate surface area is 125 Å². The largest absolute Gasteiger partial charge is 0.454 e. The predicted molar refractivity (Wildman–Crippen MR) is 79.5 cm³/mol. The fourth-order valence-electron chi connectivity index (χ4n) is 3.46. The van der Waals surface area contributed by atoms with Crippen molar-refractivity contribution in [3.63, 3.8) is 0 Å². The molecule has 6 heteroatoms. The first-order chi connectivity index (χ1) is 9.96. The van der Waals surface area contributed by atoms with Gasteiger partial charge in [-0.2, -0.15) is 0 Å². The first-order valence-electron chi connectivity index (χ1n) is 7.30. The highest BCUT2D eigenvalue weighted by molar-refractivity contribution is 7.90. The van der Waals surface area contributed by atoms with Gasteiger partial charge in [0.1, 0.15) is 0 Å². The summed E-state index contributed by atoms with van der Waals surface area (Å²) in [7, 11) is -3.34. The van der Waals surface area contributed by atoms with E-state index in [2.05, 4.69) is 0 Å². The van der Waals surface area contributed by atoms with Gasteiger partial charge in [-0.15, -0.1) is 0 Å². The minimum atomic E-state index is -3.34. The number of rotatable bonds is 3. The quantitative estimate of drug-likeness (QED) is 0.923. The Morgan fingerprint density at radius 1 is 1.14 bits per heavy atom. The third kappa shape index (κ3) is 2.51. The molecule has 0 bridgehead atoms. The molecule has 2 N–H and O–H groups in total. The van der Waals surface area contributed by atoms with Gasteiger partial charge in [-0.3, -0.25) is 0 Å². The summed E-state index contributed by atoms with van der Waals surface area (Å²) in [4.78, 5) is 0.333. The molecular weight excluding hydrogens is 290 g/mol. The molecule has 1 saturated carbocycles. The molecule has 0 aromatic heterocycles. The van der Waals surface area contributed by atoms with Crippen molar-refractivity contribution in [1.82, 2.24) is 0 Å². The normalized spacial score (nSPS) is 20.5. The van der Waals surface area contributed by atoms with Crippen LogP contribution in [-0.4, -0.2) is 28.0 Å². The van der Waals surface area contributed by atoms with Crippen LogP contribution in [0.5, 0.6) is 11.5 Å². The number of benzene rings is 1. The molecule has 0 atom stereocenters. The Balaban J connectivity index is 2.20. The molecule has 1 fully saturated rings. The van der Waals surface area contributed by atoms with Crippen molar-refractivity contribution in [3.8, 4) is 11.5 Å². The minimum absolute atomic E-state index is 0.137. The second-order valence-electron chi connectivity index (χ2n) is 6.02. The van der Waals surface area contributed by atoms with Gasteiger partial charge in [-0.05, 0) is 24.5 Å². The zero-order chi connectivity index (χ0) is 15.1. The van der Waals surface area contributed by atoms with Gasteiger partial charge in [-0.25, -0.2) is 8.42 Å². The zero-order valence-corrected chi connectivity index (χ0v) is 13.0. The van der Waals surface area contributed by atoms with Gasteiger partial charge in [0.15, 0.2) is 21.3 Å². The van der Waals surface area contributed by atoms with Crippen LogP contribution in [0.4, 0.5) is 0 Å². The first-order valence-corrected chi connectivity index (χ1v) is 9.20. The minimum Gasteiger partial charge on any atom is -0.454 e. The van der Waals surface area contributed by atoms with E-state index >= 15 is 0 Å². The van der Waals surface area contributed by atoms with E-state index in [0.29, 0.717) is 22.9 Å². The Bertz CT molecular complexity index is 648. The standard InChI is InChI=1S/C15H21NO4S/c1-21(17,18)14-8-13-12(19-10-20-13)7-11(14)15(9-16)5-3-2-4-6-15/h7-8H,2-6,9-10,16H2,1H3. The van der Waals surface area contributed by atoms with Gasteiger partial charge in [0.05, 0.1) is 4.90 Å². The summed E-state index contributed by atoms with van der Waals surface area (Å²) in [5.41, 5.74) is 6.60. The van der Waals surface area contributed by atoms with Gasteiger partial charge < -0.3 is 15.2 Å². The Kier molecular flexibility index (Phi) is 3.61. The van der Waals surface area contributed by atoms with Crippen LogP contribution in [0.1, 0.15) is 37.7 Å². The summed E-state index contributed by atoms with van der Waals surface area (Å²) < 4.78 is 35.2. The lowest BCUT2D eigenvalue weighted by Crippen LogP contribution is -2.38. The molecule has 1 aliphatic carbocycles. The van der Waals surface area contributed by atoms with Crippen LogP contribution in [-0.2, 0) is 15.3 Å². The summed E-state index contributed by atoms with van der Waals surface area (Å²) in [5, 5.41) is 0. The monoisotopic (exact) mass is 311 g/mol.